The number of amides is 1. The van der Waals surface area contributed by atoms with Crippen LogP contribution < -0.4 is 10.2 Å². The third-order valence-electron chi connectivity index (χ3n) is 8.25. The van der Waals surface area contributed by atoms with Crippen LogP contribution >= 0.6 is 0 Å². The van der Waals surface area contributed by atoms with E-state index < -0.39 is 5.60 Å². The van der Waals surface area contributed by atoms with E-state index in [1.165, 1.54) is 22.3 Å². The van der Waals surface area contributed by atoms with Gasteiger partial charge in [-0.3, -0.25) is 0 Å². The second kappa shape index (κ2) is 11.1. The van der Waals surface area contributed by atoms with Crippen LogP contribution in [0.3, 0.4) is 0 Å². The zero-order chi connectivity index (χ0) is 29.5. The fraction of sp³-hybridized carbons (Fsp3) is 0.412. The molecule has 1 saturated heterocycles. The average molecular weight is 556 g/mol. The first kappa shape index (κ1) is 28.5. The van der Waals surface area contributed by atoms with Crippen molar-refractivity contribution in [2.45, 2.75) is 53.1 Å². The molecule has 2 aliphatic rings. The van der Waals surface area contributed by atoms with Gasteiger partial charge >= 0.3 is 12.1 Å². The molecule has 7 nitrogen and oxygen atoms in total. The first-order chi connectivity index (χ1) is 19.5. The van der Waals surface area contributed by atoms with Crippen molar-refractivity contribution in [2.24, 2.45) is 0 Å². The fourth-order valence-electron chi connectivity index (χ4n) is 6.49. The minimum absolute atomic E-state index is 0.0386. The van der Waals surface area contributed by atoms with Gasteiger partial charge in [0.2, 0.25) is 0 Å². The Bertz CT molecular complexity index is 1440. The topological polar surface area (TPSA) is 71.1 Å². The van der Waals surface area contributed by atoms with Crippen LogP contribution in [-0.2, 0) is 9.47 Å². The van der Waals surface area contributed by atoms with Crippen LogP contribution in [0.5, 0.6) is 0 Å². The number of fused-ring (bicyclic) bond motifs is 3. The molecule has 216 valence electrons. The van der Waals surface area contributed by atoms with E-state index in [0.717, 1.165) is 28.1 Å². The summed E-state index contributed by atoms with van der Waals surface area (Å²) in [5.41, 5.74) is 9.69. The summed E-state index contributed by atoms with van der Waals surface area (Å²) in [6.45, 7) is 14.4. The molecule has 1 heterocycles. The number of carbonyl (C=O) groups is 2. The van der Waals surface area contributed by atoms with Gasteiger partial charge in [0.1, 0.15) is 12.2 Å². The maximum Gasteiger partial charge on any atom is 0.409 e. The van der Waals surface area contributed by atoms with Gasteiger partial charge < -0.3 is 24.6 Å². The number of rotatable bonds is 5. The van der Waals surface area contributed by atoms with Crippen LogP contribution in [-0.4, -0.2) is 62.4 Å². The van der Waals surface area contributed by atoms with E-state index in [1.807, 2.05) is 53.8 Å². The Morgan fingerprint density at radius 1 is 0.854 bits per heavy atom. The van der Waals surface area contributed by atoms with Gasteiger partial charge in [0.15, 0.2) is 0 Å². The highest BCUT2D eigenvalue weighted by Crippen LogP contribution is 2.44. The predicted octanol–water partition coefficient (Wildman–Crippen LogP) is 6.68. The fourth-order valence-corrected chi connectivity index (χ4v) is 6.49. The quantitative estimate of drug-likeness (QED) is 0.354. The largest absolute Gasteiger partial charge is 0.456 e. The van der Waals surface area contributed by atoms with Crippen LogP contribution in [0.15, 0.2) is 48.5 Å². The normalized spacial score (nSPS) is 14.9. The molecular weight excluding hydrogens is 514 g/mol. The third-order valence-corrected chi connectivity index (χ3v) is 8.25. The lowest BCUT2D eigenvalue weighted by molar-refractivity contribution is 0.00680. The number of piperazine rings is 1. The first-order valence-corrected chi connectivity index (χ1v) is 14.4. The number of esters is 1. The second-order valence-electron chi connectivity index (χ2n) is 12.0. The number of nitrogens with one attached hydrogen (secondary N) is 1. The van der Waals surface area contributed by atoms with Crippen molar-refractivity contribution in [3.63, 3.8) is 0 Å². The summed E-state index contributed by atoms with van der Waals surface area (Å²) in [4.78, 5) is 30.5. The van der Waals surface area contributed by atoms with Crippen LogP contribution in [0, 0.1) is 20.8 Å². The lowest BCUT2D eigenvalue weighted by Gasteiger charge is -2.38. The molecule has 1 fully saturated rings. The zero-order valence-corrected chi connectivity index (χ0v) is 25.3. The number of anilines is 2. The molecule has 3 aromatic rings. The van der Waals surface area contributed by atoms with Gasteiger partial charge in [-0.15, -0.1) is 0 Å². The van der Waals surface area contributed by atoms with Crippen molar-refractivity contribution in [1.82, 2.24) is 4.90 Å². The Labute approximate surface area is 243 Å². The van der Waals surface area contributed by atoms with Crippen molar-refractivity contribution in [1.29, 1.82) is 0 Å². The number of carbonyl (C=O) groups excluding carboxylic acids is 2. The van der Waals surface area contributed by atoms with Crippen molar-refractivity contribution in [3.05, 3.63) is 81.9 Å². The minimum Gasteiger partial charge on any atom is -0.456 e. The number of ether oxygens (including phenoxy) is 2. The zero-order valence-electron chi connectivity index (χ0n) is 25.3. The molecule has 1 amide bonds. The lowest BCUT2D eigenvalue weighted by Crippen LogP contribution is -2.49. The average Bonchev–Trinajstić information content (AvgIpc) is 3.25. The third kappa shape index (κ3) is 5.37. The molecule has 1 N–H and O–H groups in total. The molecule has 1 aliphatic carbocycles. The molecule has 5 rings (SSSR count). The smallest absolute Gasteiger partial charge is 0.409 e. The van der Waals surface area contributed by atoms with Crippen LogP contribution in [0.2, 0.25) is 0 Å². The Morgan fingerprint density at radius 3 is 1.95 bits per heavy atom. The van der Waals surface area contributed by atoms with E-state index in [9.17, 15) is 9.59 Å². The molecule has 0 bridgehead atoms. The molecular formula is C34H41N3O4. The maximum atomic E-state index is 13.3. The molecule has 7 heteroatoms. The Kier molecular flexibility index (Phi) is 7.73. The highest BCUT2D eigenvalue weighted by molar-refractivity contribution is 5.98. The standard InChI is InChI=1S/C34H41N3O4/c1-21-29(32(38)41-34(4,5)6)22(2)31(23(3)30(21)35-7)36-16-18-37(19-17-36)33(39)40-20-28-26-14-10-8-12-24(26)25-13-9-11-15-27(25)28/h8-15,28,35H,16-20H2,1-7H3. The number of hydrogen-bond acceptors (Lipinski definition) is 6. The molecule has 0 radical (unpaired) electrons. The van der Waals surface area contributed by atoms with Gasteiger partial charge in [0.25, 0.3) is 0 Å². The SMILES string of the molecule is CNc1c(C)c(C(=O)OC(C)(C)C)c(C)c(N2CCN(C(=O)OCC3c4ccccc4-c4ccccc43)CC2)c1C. The van der Waals surface area contributed by atoms with Crippen molar-refractivity contribution in [2.75, 3.05) is 50.1 Å². The van der Waals surface area contributed by atoms with Crippen LogP contribution in [0.1, 0.15) is 64.9 Å². The number of benzene rings is 3. The summed E-state index contributed by atoms with van der Waals surface area (Å²) in [6.07, 6.45) is -0.283. The van der Waals surface area contributed by atoms with Gasteiger partial charge in [-0.2, -0.15) is 0 Å². The molecule has 0 spiro atoms. The molecule has 3 aromatic carbocycles. The summed E-state index contributed by atoms with van der Waals surface area (Å²) >= 11 is 0. The van der Waals surface area contributed by atoms with Crippen molar-refractivity contribution < 1.29 is 19.1 Å². The number of hydrogen-bond donors (Lipinski definition) is 1. The van der Waals surface area contributed by atoms with Gasteiger partial charge in [-0.05, 0) is 80.5 Å². The highest BCUT2D eigenvalue weighted by atomic mass is 16.6. The first-order valence-electron chi connectivity index (χ1n) is 14.4. The van der Waals surface area contributed by atoms with Crippen molar-refractivity contribution in [3.8, 4) is 11.1 Å². The monoisotopic (exact) mass is 555 g/mol. The van der Waals surface area contributed by atoms with E-state index in [4.69, 9.17) is 9.47 Å². The van der Waals surface area contributed by atoms with Gasteiger partial charge in [-0.25, -0.2) is 9.59 Å². The maximum absolute atomic E-state index is 13.3. The number of nitrogens with zero attached hydrogens (tertiary/aromatic N) is 2. The lowest BCUT2D eigenvalue weighted by atomic mass is 9.93. The summed E-state index contributed by atoms with van der Waals surface area (Å²) < 4.78 is 11.7. The van der Waals surface area contributed by atoms with Crippen molar-refractivity contribution >= 4 is 23.4 Å². The molecule has 41 heavy (non-hydrogen) atoms. The minimum atomic E-state index is -0.588. The van der Waals surface area contributed by atoms with E-state index in [0.29, 0.717) is 38.3 Å². The Hall–Kier alpha value is -4.00. The van der Waals surface area contributed by atoms with E-state index in [-0.39, 0.29) is 18.0 Å². The molecule has 0 atom stereocenters. The second-order valence-corrected chi connectivity index (χ2v) is 12.0. The molecule has 0 saturated carbocycles. The summed E-state index contributed by atoms with van der Waals surface area (Å²) in [5.74, 6) is -0.278. The highest BCUT2D eigenvalue weighted by Gasteiger charge is 2.32. The van der Waals surface area contributed by atoms with E-state index in [2.05, 4.69) is 53.5 Å². The summed E-state index contributed by atoms with van der Waals surface area (Å²) in [6, 6.07) is 16.7. The predicted molar refractivity (Wildman–Crippen MR) is 164 cm³/mol. The molecule has 1 aliphatic heterocycles. The summed E-state index contributed by atoms with van der Waals surface area (Å²) in [7, 11) is 1.88. The summed E-state index contributed by atoms with van der Waals surface area (Å²) in [5, 5.41) is 3.29. The Balaban J connectivity index is 1.29. The van der Waals surface area contributed by atoms with Crippen LogP contribution in [0.4, 0.5) is 16.2 Å². The Morgan fingerprint density at radius 2 is 1.41 bits per heavy atom. The van der Waals surface area contributed by atoms with Gasteiger partial charge in [-0.1, -0.05) is 48.5 Å². The van der Waals surface area contributed by atoms with E-state index >= 15 is 0 Å². The van der Waals surface area contributed by atoms with Gasteiger partial charge in [0, 0.05) is 50.5 Å². The molecule has 0 unspecified atom stereocenters. The molecule has 0 aromatic heterocycles. The van der Waals surface area contributed by atoms with Crippen LogP contribution in [0.25, 0.3) is 11.1 Å². The van der Waals surface area contributed by atoms with E-state index in [1.54, 1.807) is 4.90 Å². The van der Waals surface area contributed by atoms with Gasteiger partial charge in [0.05, 0.1) is 5.56 Å².